The number of rotatable bonds is 6. The van der Waals surface area contributed by atoms with Crippen LogP contribution in [0.5, 0.6) is 0 Å². The van der Waals surface area contributed by atoms with Gasteiger partial charge < -0.3 is 9.84 Å². The number of ether oxygens (including phenoxy) is 1. The maximum absolute atomic E-state index is 9.92. The molecule has 31 heavy (non-hydrogen) atoms. The number of hydrogen-bond acceptors (Lipinski definition) is 2. The molecule has 0 heterocycles. The fraction of sp³-hybridized carbons (Fsp3) is 0.586. The molecule has 2 aromatic carbocycles. The lowest BCUT2D eigenvalue weighted by molar-refractivity contribution is -0.123. The molecular weight excluding hydrogens is 380 g/mol. The molecule has 0 radical (unpaired) electrons. The number of aryl methyl sites for hydroxylation is 1. The van der Waals surface area contributed by atoms with Crippen molar-refractivity contribution in [3.8, 4) is 0 Å². The van der Waals surface area contributed by atoms with Crippen LogP contribution >= 0.6 is 0 Å². The Hall–Kier alpha value is -1.64. The summed E-state index contributed by atoms with van der Waals surface area (Å²) in [5, 5.41) is 9.92. The van der Waals surface area contributed by atoms with Gasteiger partial charge in [0, 0.05) is 0 Å². The van der Waals surface area contributed by atoms with Crippen LogP contribution in [0.2, 0.25) is 0 Å². The maximum atomic E-state index is 9.92. The molecule has 0 bridgehead atoms. The summed E-state index contributed by atoms with van der Waals surface area (Å²) < 4.78 is 6.74. The van der Waals surface area contributed by atoms with Crippen LogP contribution in [0.4, 0.5) is 0 Å². The van der Waals surface area contributed by atoms with Gasteiger partial charge in [0.15, 0.2) is 0 Å². The Kier molecular flexibility index (Phi) is 6.34. The third-order valence-electron chi connectivity index (χ3n) is 8.48. The van der Waals surface area contributed by atoms with Crippen LogP contribution in [0.3, 0.4) is 0 Å². The lowest BCUT2D eigenvalue weighted by Crippen LogP contribution is -2.53. The van der Waals surface area contributed by atoms with Crippen molar-refractivity contribution in [1.82, 2.24) is 0 Å². The van der Waals surface area contributed by atoms with Gasteiger partial charge in [0.25, 0.3) is 0 Å². The van der Waals surface area contributed by atoms with E-state index in [1.165, 1.54) is 24.8 Å². The molecular formula is C29H40O2. The molecule has 168 valence electrons. The topological polar surface area (TPSA) is 29.5 Å². The van der Waals surface area contributed by atoms with E-state index in [9.17, 15) is 5.11 Å². The van der Waals surface area contributed by atoms with E-state index in [-0.39, 0.29) is 29.1 Å². The van der Waals surface area contributed by atoms with E-state index in [2.05, 4.69) is 82.3 Å². The van der Waals surface area contributed by atoms with Crippen molar-refractivity contribution in [1.29, 1.82) is 0 Å². The minimum atomic E-state index is -0.344. The summed E-state index contributed by atoms with van der Waals surface area (Å²) in [6, 6.07) is 19.9. The summed E-state index contributed by atoms with van der Waals surface area (Å²) in [5.41, 5.74) is 4.81. The molecule has 1 N–H and O–H groups in total. The largest absolute Gasteiger partial charge is 0.393 e. The molecule has 0 unspecified atom stereocenters. The van der Waals surface area contributed by atoms with Gasteiger partial charge in [-0.15, -0.1) is 0 Å². The van der Waals surface area contributed by atoms with Gasteiger partial charge in [-0.25, -0.2) is 0 Å². The highest BCUT2D eigenvalue weighted by Gasteiger charge is 2.55. The molecule has 2 aromatic rings. The van der Waals surface area contributed by atoms with Crippen molar-refractivity contribution in [2.45, 2.75) is 90.4 Å². The normalized spacial score (nSPS) is 30.0. The van der Waals surface area contributed by atoms with Gasteiger partial charge in [0.2, 0.25) is 0 Å². The zero-order chi connectivity index (χ0) is 22.2. The van der Waals surface area contributed by atoms with E-state index in [1.807, 2.05) is 6.92 Å². The molecule has 0 aromatic heterocycles. The van der Waals surface area contributed by atoms with Crippen LogP contribution in [0.15, 0.2) is 54.6 Å². The van der Waals surface area contributed by atoms with Crippen LogP contribution in [0, 0.1) is 17.3 Å². The van der Waals surface area contributed by atoms with Crippen molar-refractivity contribution in [3.05, 3.63) is 71.3 Å². The lowest BCUT2D eigenvalue weighted by atomic mass is 9.46. The number of fused-ring (bicyclic) bond motifs is 3. The Labute approximate surface area is 189 Å². The standard InChI is InChI=1S/C29H40O2/c1-20(30)19-21(2)31-27(23-12-7-6-8-13-23)25-17-18-29(5)24-14-10-9-11-22(24)15-16-26(29)28(25,3)4/h6-14,20-21,25-27,30H,15-19H2,1-5H3/t20-,21-,25-,26+,27+,29-/m1/s1. The van der Waals surface area contributed by atoms with Gasteiger partial charge in [0.05, 0.1) is 18.3 Å². The van der Waals surface area contributed by atoms with E-state index in [4.69, 9.17) is 4.74 Å². The van der Waals surface area contributed by atoms with E-state index in [0.29, 0.717) is 18.3 Å². The molecule has 0 aliphatic heterocycles. The number of aliphatic hydroxyl groups excluding tert-OH is 1. The predicted octanol–water partition coefficient (Wildman–Crippen LogP) is 6.86. The Balaban J connectivity index is 1.68. The molecule has 6 atom stereocenters. The van der Waals surface area contributed by atoms with E-state index in [1.54, 1.807) is 11.1 Å². The first-order chi connectivity index (χ1) is 14.7. The van der Waals surface area contributed by atoms with E-state index < -0.39 is 0 Å². The molecule has 4 rings (SSSR count). The van der Waals surface area contributed by atoms with Gasteiger partial charge in [0.1, 0.15) is 0 Å². The van der Waals surface area contributed by atoms with Gasteiger partial charge in [-0.2, -0.15) is 0 Å². The molecule has 0 saturated heterocycles. The summed E-state index contributed by atoms with van der Waals surface area (Å²) in [7, 11) is 0. The first kappa shape index (κ1) is 22.6. The average molecular weight is 421 g/mol. The van der Waals surface area contributed by atoms with Crippen LogP contribution < -0.4 is 0 Å². The smallest absolute Gasteiger partial charge is 0.0861 e. The zero-order valence-electron chi connectivity index (χ0n) is 20.0. The van der Waals surface area contributed by atoms with Crippen molar-refractivity contribution < 1.29 is 9.84 Å². The Morgan fingerprint density at radius 3 is 2.35 bits per heavy atom. The van der Waals surface area contributed by atoms with E-state index >= 15 is 0 Å². The molecule has 2 nitrogen and oxygen atoms in total. The SMILES string of the molecule is C[C@H](C[C@@H](C)O)O[C@@H](c1ccccc1)[C@H]1CC[C@]2(C)c3ccccc3CC[C@H]2C1(C)C. The van der Waals surface area contributed by atoms with Crippen molar-refractivity contribution >= 4 is 0 Å². The monoisotopic (exact) mass is 420 g/mol. The molecule has 2 aliphatic carbocycles. The highest BCUT2D eigenvalue weighted by molar-refractivity contribution is 5.39. The van der Waals surface area contributed by atoms with Crippen molar-refractivity contribution in [2.75, 3.05) is 0 Å². The summed E-state index contributed by atoms with van der Waals surface area (Å²) >= 11 is 0. The second kappa shape index (κ2) is 8.71. The first-order valence-corrected chi connectivity index (χ1v) is 12.2. The quantitative estimate of drug-likeness (QED) is 0.553. The van der Waals surface area contributed by atoms with Crippen LogP contribution in [-0.2, 0) is 16.6 Å². The van der Waals surface area contributed by atoms with Crippen LogP contribution in [0.25, 0.3) is 0 Å². The Morgan fingerprint density at radius 1 is 0.968 bits per heavy atom. The minimum absolute atomic E-state index is 0.0291. The molecule has 1 fully saturated rings. The summed E-state index contributed by atoms with van der Waals surface area (Å²) in [5.74, 6) is 1.09. The maximum Gasteiger partial charge on any atom is 0.0861 e. The lowest BCUT2D eigenvalue weighted by Gasteiger charge is -2.59. The zero-order valence-corrected chi connectivity index (χ0v) is 20.0. The van der Waals surface area contributed by atoms with Crippen LogP contribution in [0.1, 0.15) is 83.1 Å². The van der Waals surface area contributed by atoms with Crippen molar-refractivity contribution in [2.24, 2.45) is 17.3 Å². The molecule has 2 heteroatoms. The number of aliphatic hydroxyl groups is 1. The van der Waals surface area contributed by atoms with Gasteiger partial charge in [-0.3, -0.25) is 0 Å². The molecule has 0 spiro atoms. The first-order valence-electron chi connectivity index (χ1n) is 12.2. The third kappa shape index (κ3) is 4.22. The highest BCUT2D eigenvalue weighted by atomic mass is 16.5. The van der Waals surface area contributed by atoms with Crippen molar-refractivity contribution in [3.63, 3.8) is 0 Å². The fourth-order valence-corrected chi connectivity index (χ4v) is 7.07. The third-order valence-corrected chi connectivity index (χ3v) is 8.48. The second-order valence-electron chi connectivity index (χ2n) is 11.0. The number of benzene rings is 2. The predicted molar refractivity (Wildman–Crippen MR) is 128 cm³/mol. The Bertz CT molecular complexity index is 871. The second-order valence-corrected chi connectivity index (χ2v) is 11.0. The highest BCUT2D eigenvalue weighted by Crippen LogP contribution is 2.61. The summed E-state index contributed by atoms with van der Waals surface area (Å²) in [6.07, 6.45) is 5.22. The van der Waals surface area contributed by atoms with E-state index in [0.717, 1.165) is 6.42 Å². The van der Waals surface area contributed by atoms with Crippen LogP contribution in [-0.4, -0.2) is 17.3 Å². The fourth-order valence-electron chi connectivity index (χ4n) is 7.07. The van der Waals surface area contributed by atoms with Gasteiger partial charge in [-0.1, -0.05) is 75.4 Å². The molecule has 2 aliphatic rings. The molecule has 1 saturated carbocycles. The minimum Gasteiger partial charge on any atom is -0.393 e. The number of hydrogen-bond donors (Lipinski definition) is 1. The van der Waals surface area contributed by atoms with Gasteiger partial charge in [-0.05, 0) is 85.3 Å². The average Bonchev–Trinajstić information content (AvgIpc) is 2.72. The van der Waals surface area contributed by atoms with Gasteiger partial charge >= 0.3 is 0 Å². The Morgan fingerprint density at radius 2 is 1.65 bits per heavy atom. The summed E-state index contributed by atoms with van der Waals surface area (Å²) in [4.78, 5) is 0. The summed E-state index contributed by atoms with van der Waals surface area (Å²) in [6.45, 7) is 11.5. The molecule has 0 amide bonds.